The highest BCUT2D eigenvalue weighted by Crippen LogP contribution is 2.46. The van der Waals surface area contributed by atoms with E-state index in [0.717, 1.165) is 0 Å². The van der Waals surface area contributed by atoms with Gasteiger partial charge in [0.15, 0.2) is 0 Å². The summed E-state index contributed by atoms with van der Waals surface area (Å²) in [6.45, 7) is 0.283. The van der Waals surface area contributed by atoms with Crippen LogP contribution < -0.4 is 10.2 Å². The normalized spacial score (nSPS) is 22.5. The number of carbonyl (C=O) groups excluding carboxylic acids is 2. The molecule has 2 amide bonds. The first-order valence-corrected chi connectivity index (χ1v) is 7.06. The van der Waals surface area contributed by atoms with Crippen LogP contribution in [0.25, 0.3) is 0 Å². The Kier molecular flexibility index (Phi) is 3.35. The Hall–Kier alpha value is -2.44. The van der Waals surface area contributed by atoms with Crippen molar-refractivity contribution in [3.05, 3.63) is 30.1 Å². The number of nitrogens with one attached hydrogen (secondary N) is 1. The fraction of sp³-hybridized carbons (Fsp3) is 0.400. The lowest BCUT2D eigenvalue weighted by molar-refractivity contribution is -0.149. The average Bonchev–Trinajstić information content (AvgIpc) is 3.23. The minimum atomic E-state index is -1.38. The van der Waals surface area contributed by atoms with Crippen molar-refractivity contribution >= 4 is 23.5 Å². The number of hydrogen-bond donors (Lipinski definition) is 2. The van der Waals surface area contributed by atoms with Gasteiger partial charge in [0.25, 0.3) is 0 Å². The Morgan fingerprint density at radius 1 is 1.32 bits per heavy atom. The minimum Gasteiger partial charge on any atom is -0.480 e. The van der Waals surface area contributed by atoms with Crippen molar-refractivity contribution in [2.75, 3.05) is 11.4 Å². The zero-order chi connectivity index (χ0) is 15.9. The minimum absolute atomic E-state index is 0.170. The van der Waals surface area contributed by atoms with Gasteiger partial charge in [-0.25, -0.2) is 4.39 Å². The van der Waals surface area contributed by atoms with Crippen molar-refractivity contribution in [3.63, 3.8) is 0 Å². The molecule has 2 fully saturated rings. The van der Waals surface area contributed by atoms with Gasteiger partial charge in [-0.2, -0.15) is 0 Å². The van der Waals surface area contributed by atoms with Crippen molar-refractivity contribution in [1.29, 1.82) is 0 Å². The number of para-hydroxylation sites is 1. The van der Waals surface area contributed by atoms with Crippen LogP contribution in [0.3, 0.4) is 0 Å². The van der Waals surface area contributed by atoms with Gasteiger partial charge in [-0.15, -0.1) is 0 Å². The summed E-state index contributed by atoms with van der Waals surface area (Å²) in [7, 11) is 0. The van der Waals surface area contributed by atoms with E-state index >= 15 is 0 Å². The Balaban J connectivity index is 1.71. The molecule has 1 saturated heterocycles. The first-order valence-electron chi connectivity index (χ1n) is 7.06. The predicted octanol–water partition coefficient (Wildman–Crippen LogP) is 0.912. The van der Waals surface area contributed by atoms with E-state index in [2.05, 4.69) is 5.32 Å². The molecule has 2 N–H and O–H groups in total. The van der Waals surface area contributed by atoms with Crippen molar-refractivity contribution in [3.8, 4) is 0 Å². The lowest BCUT2D eigenvalue weighted by Gasteiger charge is -2.18. The molecule has 22 heavy (non-hydrogen) atoms. The van der Waals surface area contributed by atoms with Crippen LogP contribution in [0.4, 0.5) is 10.1 Å². The van der Waals surface area contributed by atoms with E-state index in [1.165, 1.54) is 23.1 Å². The number of carbonyl (C=O) groups is 3. The lowest BCUT2D eigenvalue weighted by Crippen LogP contribution is -2.46. The fourth-order valence-corrected chi connectivity index (χ4v) is 2.68. The summed E-state index contributed by atoms with van der Waals surface area (Å²) in [5, 5.41) is 11.6. The van der Waals surface area contributed by atoms with Gasteiger partial charge in [-0.05, 0) is 31.4 Å². The maximum atomic E-state index is 13.8. The van der Waals surface area contributed by atoms with Gasteiger partial charge >= 0.3 is 5.97 Å². The number of carboxylic acid groups (broad SMARTS) is 1. The molecule has 7 heteroatoms. The molecular formula is C15H15FN2O4. The quantitative estimate of drug-likeness (QED) is 0.810. The second kappa shape index (κ2) is 5.08. The van der Waals surface area contributed by atoms with Crippen LogP contribution in [0.1, 0.15) is 19.3 Å². The number of hydrogen-bond acceptors (Lipinski definition) is 3. The molecule has 3 rings (SSSR count). The second-order valence-electron chi connectivity index (χ2n) is 5.64. The van der Waals surface area contributed by atoms with Gasteiger partial charge < -0.3 is 15.3 Å². The summed E-state index contributed by atoms with van der Waals surface area (Å²) in [6.07, 6.45) is 0.896. The molecule has 0 bridgehead atoms. The Morgan fingerprint density at radius 3 is 2.59 bits per heavy atom. The average molecular weight is 306 g/mol. The van der Waals surface area contributed by atoms with Crippen LogP contribution in [0.5, 0.6) is 0 Å². The summed E-state index contributed by atoms with van der Waals surface area (Å²) >= 11 is 0. The van der Waals surface area contributed by atoms with Gasteiger partial charge in [0.1, 0.15) is 17.3 Å². The van der Waals surface area contributed by atoms with Crippen molar-refractivity contribution in [2.24, 2.45) is 5.41 Å². The van der Waals surface area contributed by atoms with Crippen LogP contribution in [0, 0.1) is 11.2 Å². The Labute approximate surface area is 125 Å². The topological polar surface area (TPSA) is 86.7 Å². The predicted molar refractivity (Wildman–Crippen MR) is 74.6 cm³/mol. The highest BCUT2D eigenvalue weighted by molar-refractivity contribution is 6.08. The Bertz CT molecular complexity index is 657. The number of rotatable bonds is 4. The molecule has 6 nitrogen and oxygen atoms in total. The highest BCUT2D eigenvalue weighted by Gasteiger charge is 2.57. The number of amides is 2. The smallest absolute Gasteiger partial charge is 0.319 e. The molecule has 1 aromatic rings. The maximum absolute atomic E-state index is 13.8. The first-order chi connectivity index (χ1) is 10.5. The number of benzene rings is 1. The van der Waals surface area contributed by atoms with Gasteiger partial charge in [0, 0.05) is 6.54 Å². The SMILES string of the molecule is O=C1C(NC(=O)C2(C(=O)O)CC2)CCN1c1ccccc1F. The van der Waals surface area contributed by atoms with Gasteiger partial charge in [-0.3, -0.25) is 14.4 Å². The molecule has 1 aliphatic heterocycles. The zero-order valence-electron chi connectivity index (χ0n) is 11.7. The van der Waals surface area contributed by atoms with Crippen LogP contribution in [-0.2, 0) is 14.4 Å². The monoisotopic (exact) mass is 306 g/mol. The molecule has 1 saturated carbocycles. The molecule has 2 aliphatic rings. The third-order valence-electron chi connectivity index (χ3n) is 4.25. The van der Waals surface area contributed by atoms with Gasteiger partial charge in [0.2, 0.25) is 11.8 Å². The number of anilines is 1. The van der Waals surface area contributed by atoms with Crippen molar-refractivity contribution in [1.82, 2.24) is 5.32 Å². The first kappa shape index (κ1) is 14.5. The third-order valence-corrected chi connectivity index (χ3v) is 4.25. The third kappa shape index (κ3) is 2.22. The van der Waals surface area contributed by atoms with E-state index in [9.17, 15) is 18.8 Å². The van der Waals surface area contributed by atoms with E-state index in [1.54, 1.807) is 6.07 Å². The van der Waals surface area contributed by atoms with E-state index < -0.39 is 35.1 Å². The molecule has 0 aromatic heterocycles. The van der Waals surface area contributed by atoms with E-state index in [-0.39, 0.29) is 25.1 Å². The number of nitrogens with zero attached hydrogens (tertiary/aromatic N) is 1. The largest absolute Gasteiger partial charge is 0.480 e. The fourth-order valence-electron chi connectivity index (χ4n) is 2.68. The number of carboxylic acids is 1. The highest BCUT2D eigenvalue weighted by atomic mass is 19.1. The van der Waals surface area contributed by atoms with Crippen molar-refractivity contribution < 1.29 is 23.9 Å². The van der Waals surface area contributed by atoms with Gasteiger partial charge in [0.05, 0.1) is 5.69 Å². The van der Waals surface area contributed by atoms with E-state index in [0.29, 0.717) is 6.42 Å². The van der Waals surface area contributed by atoms with Crippen LogP contribution in [0.15, 0.2) is 24.3 Å². The molecule has 116 valence electrons. The molecule has 0 spiro atoms. The number of aliphatic carboxylic acids is 1. The maximum Gasteiger partial charge on any atom is 0.319 e. The molecular weight excluding hydrogens is 291 g/mol. The molecule has 1 atom stereocenters. The molecule has 0 radical (unpaired) electrons. The van der Waals surface area contributed by atoms with Gasteiger partial charge in [-0.1, -0.05) is 12.1 Å². The lowest BCUT2D eigenvalue weighted by atomic mass is 10.1. The van der Waals surface area contributed by atoms with Crippen LogP contribution >= 0.6 is 0 Å². The standard InChI is InChI=1S/C15H15FN2O4/c16-9-3-1-2-4-11(9)18-8-5-10(12(18)19)17-13(20)15(6-7-15)14(21)22/h1-4,10H,5-8H2,(H,17,20)(H,21,22). The summed E-state index contributed by atoms with van der Waals surface area (Å²) in [5.41, 5.74) is -1.21. The molecule has 1 aliphatic carbocycles. The second-order valence-corrected chi connectivity index (χ2v) is 5.64. The molecule has 1 heterocycles. The summed E-state index contributed by atoms with van der Waals surface area (Å²) in [4.78, 5) is 36.7. The van der Waals surface area contributed by atoms with E-state index in [4.69, 9.17) is 5.11 Å². The van der Waals surface area contributed by atoms with E-state index in [1.807, 2.05) is 0 Å². The van der Waals surface area contributed by atoms with Crippen molar-refractivity contribution in [2.45, 2.75) is 25.3 Å². The summed E-state index contributed by atoms with van der Waals surface area (Å²) in [6, 6.07) is 5.11. The van der Waals surface area contributed by atoms with Crippen LogP contribution in [0.2, 0.25) is 0 Å². The Morgan fingerprint density at radius 2 is 2.00 bits per heavy atom. The zero-order valence-corrected chi connectivity index (χ0v) is 11.7. The number of halogens is 1. The summed E-state index contributed by atoms with van der Waals surface area (Å²) < 4.78 is 13.8. The van der Waals surface area contributed by atoms with Crippen LogP contribution in [-0.4, -0.2) is 35.5 Å². The molecule has 1 unspecified atom stereocenters. The molecule has 1 aromatic carbocycles. The summed E-state index contributed by atoms with van der Waals surface area (Å²) in [5.74, 6) is -2.72.